The van der Waals surface area contributed by atoms with E-state index < -0.39 is 10.0 Å². The number of aryl methyl sites for hydroxylation is 1. The number of aromatic amines is 1. The van der Waals surface area contributed by atoms with Crippen molar-refractivity contribution in [3.8, 4) is 0 Å². The number of nitrogens with one attached hydrogen (secondary N) is 2. The van der Waals surface area contributed by atoms with E-state index in [0.29, 0.717) is 0 Å². The number of hydrogen-bond donors (Lipinski definition) is 3. The van der Waals surface area contributed by atoms with E-state index in [1.165, 1.54) is 18.3 Å². The summed E-state index contributed by atoms with van der Waals surface area (Å²) in [6, 6.07) is 4.57. The lowest BCUT2D eigenvalue weighted by atomic mass is 10.2. The third-order valence-electron chi connectivity index (χ3n) is 2.48. The first-order valence-corrected chi connectivity index (χ1v) is 7.29. The van der Waals surface area contributed by atoms with Gasteiger partial charge in [-0.2, -0.15) is 5.10 Å². The summed E-state index contributed by atoms with van der Waals surface area (Å²) in [5.41, 5.74) is 6.43. The molecular weight excluding hydrogens is 266 g/mol. The third kappa shape index (κ3) is 3.02. The molecule has 2 aromatic rings. The van der Waals surface area contributed by atoms with Gasteiger partial charge in [0, 0.05) is 18.0 Å². The maximum Gasteiger partial charge on any atom is 0.266 e. The molecule has 2 heterocycles. The second-order valence-electron chi connectivity index (χ2n) is 4.02. The molecule has 0 aromatic carbocycles. The lowest BCUT2D eigenvalue weighted by Gasteiger charge is -2.06. The van der Waals surface area contributed by atoms with Crippen molar-refractivity contribution < 1.29 is 8.42 Å². The Kier molecular flexibility index (Phi) is 3.70. The van der Waals surface area contributed by atoms with E-state index in [1.54, 1.807) is 6.07 Å². The highest BCUT2D eigenvalue weighted by Crippen LogP contribution is 2.18. The highest BCUT2D eigenvalue weighted by atomic mass is 32.2. The zero-order valence-electron chi connectivity index (χ0n) is 10.4. The summed E-state index contributed by atoms with van der Waals surface area (Å²) in [6.45, 7) is 2.03. The maximum absolute atomic E-state index is 12.1. The number of pyridine rings is 1. The van der Waals surface area contributed by atoms with Crippen LogP contribution in [0.3, 0.4) is 0 Å². The molecule has 7 nitrogen and oxygen atoms in total. The fourth-order valence-corrected chi connectivity index (χ4v) is 2.71. The number of hydrogen-bond acceptors (Lipinski definition) is 5. The van der Waals surface area contributed by atoms with Crippen molar-refractivity contribution in [3.63, 3.8) is 0 Å². The van der Waals surface area contributed by atoms with E-state index in [-0.39, 0.29) is 16.5 Å². The van der Waals surface area contributed by atoms with Crippen LogP contribution in [0.1, 0.15) is 19.0 Å². The third-order valence-corrected chi connectivity index (χ3v) is 3.88. The fraction of sp³-hybridized carbons (Fsp3) is 0.273. The Hall–Kier alpha value is -2.09. The van der Waals surface area contributed by atoms with Crippen LogP contribution in [0.25, 0.3) is 0 Å². The molecule has 19 heavy (non-hydrogen) atoms. The monoisotopic (exact) mass is 281 g/mol. The number of nitrogen functional groups attached to an aromatic ring is 1. The predicted octanol–water partition coefficient (Wildman–Crippen LogP) is 1.14. The van der Waals surface area contributed by atoms with E-state index in [0.717, 1.165) is 18.5 Å². The second kappa shape index (κ2) is 5.27. The molecule has 0 aliphatic heterocycles. The van der Waals surface area contributed by atoms with Crippen LogP contribution in [0.4, 0.5) is 11.6 Å². The van der Waals surface area contributed by atoms with Gasteiger partial charge in [0.15, 0.2) is 5.82 Å². The van der Waals surface area contributed by atoms with Crippen LogP contribution in [-0.4, -0.2) is 23.6 Å². The molecule has 0 bridgehead atoms. The standard InChI is InChI=1S/C11H15N5O2S/c1-2-4-8-7-10(15-14-8)16-19(17,18)9-5-3-6-13-11(9)12/h3,5-7H,2,4H2,1H3,(H2,12,13)(H2,14,15,16). The van der Waals surface area contributed by atoms with E-state index in [2.05, 4.69) is 19.9 Å². The quantitative estimate of drug-likeness (QED) is 0.760. The molecule has 2 rings (SSSR count). The van der Waals surface area contributed by atoms with Gasteiger partial charge in [-0.25, -0.2) is 13.4 Å². The van der Waals surface area contributed by atoms with Gasteiger partial charge in [-0.15, -0.1) is 0 Å². The summed E-state index contributed by atoms with van der Waals surface area (Å²) in [4.78, 5) is 3.69. The van der Waals surface area contributed by atoms with Gasteiger partial charge < -0.3 is 5.73 Å². The Labute approximate surface area is 111 Å². The van der Waals surface area contributed by atoms with Crippen LogP contribution in [0.15, 0.2) is 29.3 Å². The van der Waals surface area contributed by atoms with Gasteiger partial charge in [0.1, 0.15) is 10.7 Å². The highest BCUT2D eigenvalue weighted by Gasteiger charge is 2.19. The van der Waals surface area contributed by atoms with Crippen molar-refractivity contribution in [2.45, 2.75) is 24.7 Å². The summed E-state index contributed by atoms with van der Waals surface area (Å²) in [5, 5.41) is 6.67. The summed E-state index contributed by atoms with van der Waals surface area (Å²) in [5.74, 6) is 0.200. The molecule has 0 atom stereocenters. The first kappa shape index (κ1) is 13.3. The van der Waals surface area contributed by atoms with Gasteiger partial charge in [0.05, 0.1) is 0 Å². The Morgan fingerprint density at radius 2 is 2.26 bits per heavy atom. The van der Waals surface area contributed by atoms with Crippen LogP contribution >= 0.6 is 0 Å². The van der Waals surface area contributed by atoms with Gasteiger partial charge in [-0.1, -0.05) is 13.3 Å². The molecule has 0 radical (unpaired) electrons. The molecule has 0 unspecified atom stereocenters. The topological polar surface area (TPSA) is 114 Å². The van der Waals surface area contributed by atoms with Crippen molar-refractivity contribution in [3.05, 3.63) is 30.1 Å². The smallest absolute Gasteiger partial charge is 0.266 e. The second-order valence-corrected chi connectivity index (χ2v) is 5.67. The molecule has 102 valence electrons. The fourth-order valence-electron chi connectivity index (χ4n) is 1.63. The van der Waals surface area contributed by atoms with Crippen LogP contribution < -0.4 is 10.5 Å². The number of sulfonamides is 1. The average molecular weight is 281 g/mol. The van der Waals surface area contributed by atoms with E-state index in [1.807, 2.05) is 6.92 Å². The summed E-state index contributed by atoms with van der Waals surface area (Å²) < 4.78 is 26.6. The number of nitrogens with two attached hydrogens (primary N) is 1. The molecule has 0 aliphatic carbocycles. The van der Waals surface area contributed by atoms with Crippen molar-refractivity contribution in [2.75, 3.05) is 10.5 Å². The number of nitrogens with zero attached hydrogens (tertiary/aromatic N) is 2. The Bertz CT molecular complexity index is 665. The highest BCUT2D eigenvalue weighted by molar-refractivity contribution is 7.92. The Morgan fingerprint density at radius 1 is 1.47 bits per heavy atom. The van der Waals surface area contributed by atoms with Crippen LogP contribution in [0.5, 0.6) is 0 Å². The first-order chi connectivity index (χ1) is 9.03. The number of H-pyrrole nitrogens is 1. The summed E-state index contributed by atoms with van der Waals surface area (Å²) in [6.07, 6.45) is 3.19. The normalized spacial score (nSPS) is 11.4. The molecule has 4 N–H and O–H groups in total. The van der Waals surface area contributed by atoms with Crippen LogP contribution in [0.2, 0.25) is 0 Å². The molecule has 2 aromatic heterocycles. The maximum atomic E-state index is 12.1. The Balaban J connectivity index is 2.24. The summed E-state index contributed by atoms with van der Waals surface area (Å²) in [7, 11) is -3.77. The number of rotatable bonds is 5. The first-order valence-electron chi connectivity index (χ1n) is 5.80. The largest absolute Gasteiger partial charge is 0.383 e. The number of anilines is 2. The average Bonchev–Trinajstić information content (AvgIpc) is 2.76. The SMILES string of the molecule is CCCc1cc(NS(=O)(=O)c2cccnc2N)n[nH]1. The zero-order valence-corrected chi connectivity index (χ0v) is 11.2. The molecule has 0 saturated carbocycles. The predicted molar refractivity (Wildman–Crippen MR) is 72.0 cm³/mol. The number of aromatic nitrogens is 3. The molecule has 0 amide bonds. The van der Waals surface area contributed by atoms with E-state index in [4.69, 9.17) is 5.73 Å². The van der Waals surface area contributed by atoms with Crippen LogP contribution in [-0.2, 0) is 16.4 Å². The zero-order chi connectivity index (χ0) is 13.9. The van der Waals surface area contributed by atoms with Gasteiger partial charge in [0.25, 0.3) is 10.0 Å². The minimum Gasteiger partial charge on any atom is -0.383 e. The minimum atomic E-state index is -3.77. The van der Waals surface area contributed by atoms with E-state index >= 15 is 0 Å². The molecule has 0 saturated heterocycles. The molecular formula is C11H15N5O2S. The van der Waals surface area contributed by atoms with Gasteiger partial charge >= 0.3 is 0 Å². The van der Waals surface area contributed by atoms with Crippen molar-refractivity contribution in [1.82, 2.24) is 15.2 Å². The van der Waals surface area contributed by atoms with Crippen molar-refractivity contribution >= 4 is 21.7 Å². The van der Waals surface area contributed by atoms with Crippen LogP contribution in [0, 0.1) is 0 Å². The lowest BCUT2D eigenvalue weighted by molar-refractivity contribution is 0.601. The lowest BCUT2D eigenvalue weighted by Crippen LogP contribution is -2.15. The Morgan fingerprint density at radius 3 is 2.95 bits per heavy atom. The van der Waals surface area contributed by atoms with Gasteiger partial charge in [-0.3, -0.25) is 9.82 Å². The molecule has 0 fully saturated rings. The molecule has 8 heteroatoms. The van der Waals surface area contributed by atoms with Gasteiger partial charge in [0.2, 0.25) is 0 Å². The summed E-state index contributed by atoms with van der Waals surface area (Å²) >= 11 is 0. The van der Waals surface area contributed by atoms with E-state index in [9.17, 15) is 8.42 Å². The van der Waals surface area contributed by atoms with Crippen molar-refractivity contribution in [1.29, 1.82) is 0 Å². The minimum absolute atomic E-state index is 0.0423. The van der Waals surface area contributed by atoms with Gasteiger partial charge in [-0.05, 0) is 18.6 Å². The van der Waals surface area contributed by atoms with Crippen molar-refractivity contribution in [2.24, 2.45) is 0 Å². The molecule has 0 spiro atoms. The molecule has 0 aliphatic rings.